The summed E-state index contributed by atoms with van der Waals surface area (Å²) in [4.78, 5) is 40.1. The van der Waals surface area contributed by atoms with Gasteiger partial charge in [0.2, 0.25) is 0 Å². The summed E-state index contributed by atoms with van der Waals surface area (Å²) in [6, 6.07) is 32.5. The Morgan fingerprint density at radius 1 is 0.684 bits per heavy atom. The molecule has 1 heterocycles. The third kappa shape index (κ3) is 4.07. The maximum absolute atomic E-state index is 13.3. The van der Waals surface area contributed by atoms with Crippen molar-refractivity contribution in [3.63, 3.8) is 0 Å². The van der Waals surface area contributed by atoms with Crippen molar-refractivity contribution in [3.8, 4) is 5.75 Å². The first-order valence-electron chi connectivity index (χ1n) is 11.8. The zero-order valence-corrected chi connectivity index (χ0v) is 20.6. The van der Waals surface area contributed by atoms with Crippen molar-refractivity contribution in [1.29, 1.82) is 0 Å². The first-order chi connectivity index (χ1) is 18.5. The lowest BCUT2D eigenvalue weighted by atomic mass is 10.1. The van der Waals surface area contributed by atoms with E-state index in [4.69, 9.17) is 16.3 Å². The zero-order chi connectivity index (χ0) is 26.2. The van der Waals surface area contributed by atoms with Gasteiger partial charge in [-0.25, -0.2) is 9.69 Å². The van der Waals surface area contributed by atoms with E-state index < -0.39 is 17.8 Å². The van der Waals surface area contributed by atoms with E-state index in [0.717, 1.165) is 26.4 Å². The second-order valence-electron chi connectivity index (χ2n) is 8.70. The highest BCUT2D eigenvalue weighted by Gasteiger charge is 2.39. The lowest BCUT2D eigenvalue weighted by Gasteiger charge is -2.17. The van der Waals surface area contributed by atoms with Gasteiger partial charge in [0.05, 0.1) is 11.3 Å². The lowest BCUT2D eigenvalue weighted by molar-refractivity contribution is -0.120. The van der Waals surface area contributed by atoms with Gasteiger partial charge in [0, 0.05) is 16.5 Å². The average Bonchev–Trinajstić information content (AvgIpc) is 3.16. The van der Waals surface area contributed by atoms with Crippen LogP contribution in [0.25, 0.3) is 21.5 Å². The molecule has 7 heteroatoms. The van der Waals surface area contributed by atoms with E-state index >= 15 is 0 Å². The Balaban J connectivity index is 1.21. The number of halogens is 1. The van der Waals surface area contributed by atoms with Crippen LogP contribution in [0.4, 0.5) is 11.4 Å². The van der Waals surface area contributed by atoms with Gasteiger partial charge in [-0.05, 0) is 47.2 Å². The topological polar surface area (TPSA) is 75.7 Å². The number of hydrogen-bond donors (Lipinski definition) is 1. The number of imide groups is 1. The van der Waals surface area contributed by atoms with Gasteiger partial charge < -0.3 is 10.1 Å². The average molecular weight is 519 g/mol. The molecule has 6 rings (SSSR count). The number of anilines is 2. The van der Waals surface area contributed by atoms with E-state index in [0.29, 0.717) is 22.7 Å². The number of ether oxygens (including phenoxy) is 1. The normalized spacial score (nSPS) is 13.4. The quantitative estimate of drug-likeness (QED) is 0.160. The molecular formula is C31H19ClN2O4. The molecule has 5 aromatic rings. The number of nitrogens with zero attached hydrogens (tertiary/aromatic N) is 1. The number of hydrogen-bond acceptors (Lipinski definition) is 5. The molecule has 5 aromatic carbocycles. The molecule has 0 saturated heterocycles. The number of nitrogens with one attached hydrogen (secondary N) is 1. The molecular weight excluding hydrogens is 500 g/mol. The van der Waals surface area contributed by atoms with Gasteiger partial charge in [0.25, 0.3) is 11.8 Å². The molecule has 0 aromatic heterocycles. The highest BCUT2D eigenvalue weighted by molar-refractivity contribution is 6.53. The molecule has 0 aliphatic carbocycles. The Bertz CT molecular complexity index is 1780. The minimum Gasteiger partial charge on any atom is -0.422 e. The number of carbonyl (C=O) groups excluding carboxylic acids is 3. The summed E-state index contributed by atoms with van der Waals surface area (Å²) in [6.07, 6.45) is 0. The van der Waals surface area contributed by atoms with E-state index in [9.17, 15) is 14.4 Å². The van der Waals surface area contributed by atoms with Crippen LogP contribution in [0.5, 0.6) is 5.75 Å². The Labute approximate surface area is 222 Å². The maximum Gasteiger partial charge on any atom is 0.343 e. The third-order valence-corrected chi connectivity index (χ3v) is 6.73. The van der Waals surface area contributed by atoms with Crippen LogP contribution in [0.15, 0.2) is 120 Å². The number of benzene rings is 5. The molecule has 1 aliphatic rings. The van der Waals surface area contributed by atoms with Crippen LogP contribution in [-0.4, -0.2) is 17.8 Å². The number of carbonyl (C=O) groups is 3. The monoisotopic (exact) mass is 518 g/mol. The lowest BCUT2D eigenvalue weighted by Crippen LogP contribution is -2.32. The van der Waals surface area contributed by atoms with Crippen LogP contribution in [0.3, 0.4) is 0 Å². The summed E-state index contributed by atoms with van der Waals surface area (Å²) in [6.45, 7) is 0. The molecule has 1 aliphatic heterocycles. The molecule has 0 fully saturated rings. The second-order valence-corrected chi connectivity index (χ2v) is 9.08. The Hall–Kier alpha value is -4.94. The zero-order valence-electron chi connectivity index (χ0n) is 19.9. The fourth-order valence-corrected chi connectivity index (χ4v) is 4.72. The Morgan fingerprint density at radius 3 is 2.03 bits per heavy atom. The summed E-state index contributed by atoms with van der Waals surface area (Å²) in [5.74, 6) is -1.21. The van der Waals surface area contributed by atoms with Crippen LogP contribution < -0.4 is 15.0 Å². The molecule has 0 saturated carbocycles. The molecule has 2 amide bonds. The van der Waals surface area contributed by atoms with Crippen molar-refractivity contribution in [1.82, 2.24) is 0 Å². The largest absolute Gasteiger partial charge is 0.422 e. The van der Waals surface area contributed by atoms with Crippen LogP contribution in [0.2, 0.25) is 0 Å². The minimum absolute atomic E-state index is 0.0318. The molecule has 0 radical (unpaired) electrons. The molecule has 1 N–H and O–H groups in total. The summed E-state index contributed by atoms with van der Waals surface area (Å²) in [5, 5.41) is 6.20. The van der Waals surface area contributed by atoms with Crippen molar-refractivity contribution < 1.29 is 19.1 Å². The summed E-state index contributed by atoms with van der Waals surface area (Å²) in [7, 11) is 0. The molecule has 184 valence electrons. The molecule has 0 atom stereocenters. The van der Waals surface area contributed by atoms with Crippen molar-refractivity contribution in [2.75, 3.05) is 10.2 Å². The number of amides is 2. The van der Waals surface area contributed by atoms with E-state index in [1.54, 1.807) is 42.5 Å². The Morgan fingerprint density at radius 2 is 1.29 bits per heavy atom. The van der Waals surface area contributed by atoms with Crippen LogP contribution in [0.1, 0.15) is 10.4 Å². The predicted molar refractivity (Wildman–Crippen MR) is 148 cm³/mol. The summed E-state index contributed by atoms with van der Waals surface area (Å²) in [5.41, 5.74) is 1.24. The van der Waals surface area contributed by atoms with Crippen molar-refractivity contribution >= 4 is 62.3 Å². The first kappa shape index (κ1) is 23.5. The van der Waals surface area contributed by atoms with Gasteiger partial charge in [0.1, 0.15) is 16.5 Å². The Kier molecular flexibility index (Phi) is 5.86. The molecule has 38 heavy (non-hydrogen) atoms. The van der Waals surface area contributed by atoms with E-state index in [1.807, 2.05) is 66.7 Å². The standard InChI is InChI=1S/C31H19ClN2O4/c32-27-28(30(36)34(29(27)35)25-13-5-9-19-7-1-3-11-23(19)25)33-22-17-15-21(16-18-22)31(37)38-26-14-6-10-20-8-2-4-12-24(20)26/h1-18,33H. The van der Waals surface area contributed by atoms with E-state index in [1.165, 1.54) is 0 Å². The van der Waals surface area contributed by atoms with Crippen LogP contribution in [-0.2, 0) is 9.59 Å². The minimum atomic E-state index is -0.606. The molecule has 0 unspecified atom stereocenters. The maximum atomic E-state index is 13.3. The number of rotatable bonds is 5. The molecule has 0 bridgehead atoms. The van der Waals surface area contributed by atoms with E-state index in [-0.39, 0.29) is 10.7 Å². The van der Waals surface area contributed by atoms with E-state index in [2.05, 4.69) is 5.32 Å². The fourth-order valence-electron chi connectivity index (χ4n) is 4.51. The predicted octanol–water partition coefficient (Wildman–Crippen LogP) is 6.65. The summed E-state index contributed by atoms with van der Waals surface area (Å²) >= 11 is 6.32. The van der Waals surface area contributed by atoms with Gasteiger partial charge in [-0.15, -0.1) is 0 Å². The highest BCUT2D eigenvalue weighted by Crippen LogP contribution is 2.34. The number of fused-ring (bicyclic) bond motifs is 2. The number of esters is 1. The highest BCUT2D eigenvalue weighted by atomic mass is 35.5. The van der Waals surface area contributed by atoms with Gasteiger partial charge in [-0.2, -0.15) is 0 Å². The summed E-state index contributed by atoms with van der Waals surface area (Å²) < 4.78 is 5.64. The van der Waals surface area contributed by atoms with Crippen molar-refractivity contribution in [2.45, 2.75) is 0 Å². The van der Waals surface area contributed by atoms with Crippen molar-refractivity contribution in [2.24, 2.45) is 0 Å². The SMILES string of the molecule is O=C(Oc1cccc2ccccc12)c1ccc(NC2=C(Cl)C(=O)N(c3cccc4ccccc34)C2=O)cc1. The smallest absolute Gasteiger partial charge is 0.343 e. The fraction of sp³-hybridized carbons (Fsp3) is 0. The van der Waals surface area contributed by atoms with Crippen LogP contribution in [0, 0.1) is 0 Å². The van der Waals surface area contributed by atoms with Crippen molar-refractivity contribution in [3.05, 3.63) is 125 Å². The second kappa shape index (κ2) is 9.50. The molecule has 6 nitrogen and oxygen atoms in total. The first-order valence-corrected chi connectivity index (χ1v) is 12.2. The van der Waals surface area contributed by atoms with Gasteiger partial charge in [-0.3, -0.25) is 9.59 Å². The van der Waals surface area contributed by atoms with Gasteiger partial charge in [-0.1, -0.05) is 84.4 Å². The van der Waals surface area contributed by atoms with Gasteiger partial charge >= 0.3 is 5.97 Å². The molecule has 0 spiro atoms. The third-order valence-electron chi connectivity index (χ3n) is 6.38. The van der Waals surface area contributed by atoms with Gasteiger partial charge in [0.15, 0.2) is 0 Å². The van der Waals surface area contributed by atoms with Crippen LogP contribution >= 0.6 is 11.6 Å².